The minimum Gasteiger partial charge on any atom is -0.379 e. The number of pyridine rings is 1. The molecule has 4 heterocycles. The molecule has 0 aromatic carbocycles. The maximum absolute atomic E-state index is 6.26. The molecular weight excluding hydrogens is 385 g/mol. The van der Waals surface area contributed by atoms with Crippen molar-refractivity contribution in [1.29, 1.82) is 0 Å². The Bertz CT molecular complexity index is 793. The standard InChI is InChI=1S/C19H23Cl2N5O/c20-17-13(3-6-23-18(17)21)1-2-14-9-25-16(10-24-14)26-7-4-19(5-8-26)12-27-11-15(19)22/h3,6,9-10,15H,1-2,4-5,7-8,11-12,22H2/t15-/m1/s1. The van der Waals surface area contributed by atoms with Crippen molar-refractivity contribution in [2.75, 3.05) is 31.2 Å². The highest BCUT2D eigenvalue weighted by molar-refractivity contribution is 6.41. The molecular formula is C19H23Cl2N5O. The van der Waals surface area contributed by atoms with Crippen LogP contribution in [0, 0.1) is 5.41 Å². The van der Waals surface area contributed by atoms with Crippen molar-refractivity contribution in [3.63, 3.8) is 0 Å². The minimum absolute atomic E-state index is 0.148. The van der Waals surface area contributed by atoms with E-state index in [2.05, 4.69) is 19.9 Å². The molecule has 1 atom stereocenters. The van der Waals surface area contributed by atoms with Crippen molar-refractivity contribution in [1.82, 2.24) is 15.0 Å². The Morgan fingerprint density at radius 2 is 1.96 bits per heavy atom. The van der Waals surface area contributed by atoms with Crippen molar-refractivity contribution in [2.24, 2.45) is 11.1 Å². The average molecular weight is 408 g/mol. The Kier molecular flexibility index (Phi) is 5.50. The number of hydrogen-bond donors (Lipinski definition) is 1. The highest BCUT2D eigenvalue weighted by Crippen LogP contribution is 2.39. The number of ether oxygens (including phenoxy) is 1. The van der Waals surface area contributed by atoms with Gasteiger partial charge in [-0.1, -0.05) is 23.2 Å². The van der Waals surface area contributed by atoms with E-state index in [0.717, 1.165) is 62.5 Å². The van der Waals surface area contributed by atoms with Crippen LogP contribution in [0.3, 0.4) is 0 Å². The van der Waals surface area contributed by atoms with Crippen molar-refractivity contribution < 1.29 is 4.74 Å². The number of rotatable bonds is 4. The van der Waals surface area contributed by atoms with Gasteiger partial charge in [-0.25, -0.2) is 9.97 Å². The van der Waals surface area contributed by atoms with E-state index >= 15 is 0 Å². The molecule has 2 aliphatic heterocycles. The Balaban J connectivity index is 1.35. The number of hydrogen-bond acceptors (Lipinski definition) is 6. The van der Waals surface area contributed by atoms with E-state index in [4.69, 9.17) is 33.7 Å². The zero-order chi connectivity index (χ0) is 18.9. The lowest BCUT2D eigenvalue weighted by atomic mass is 9.75. The highest BCUT2D eigenvalue weighted by Gasteiger charge is 2.44. The second-order valence-electron chi connectivity index (χ2n) is 7.41. The van der Waals surface area contributed by atoms with Crippen LogP contribution in [0.4, 0.5) is 5.82 Å². The van der Waals surface area contributed by atoms with Gasteiger partial charge in [-0.05, 0) is 37.3 Å². The van der Waals surface area contributed by atoms with Crippen molar-refractivity contribution in [3.05, 3.63) is 46.1 Å². The first-order valence-electron chi connectivity index (χ1n) is 9.25. The molecule has 4 rings (SSSR count). The molecule has 0 bridgehead atoms. The lowest BCUT2D eigenvalue weighted by Crippen LogP contribution is -2.49. The molecule has 0 saturated carbocycles. The first-order valence-corrected chi connectivity index (χ1v) is 10.0. The maximum Gasteiger partial charge on any atom is 0.147 e. The normalized spacial score (nSPS) is 21.7. The number of anilines is 1. The summed E-state index contributed by atoms with van der Waals surface area (Å²) in [5.41, 5.74) is 8.31. The van der Waals surface area contributed by atoms with Crippen LogP contribution in [0.2, 0.25) is 10.2 Å². The van der Waals surface area contributed by atoms with Crippen LogP contribution >= 0.6 is 23.2 Å². The Morgan fingerprint density at radius 3 is 2.63 bits per heavy atom. The minimum atomic E-state index is 0.148. The van der Waals surface area contributed by atoms with Gasteiger partial charge in [-0.3, -0.25) is 4.98 Å². The van der Waals surface area contributed by atoms with E-state index < -0.39 is 0 Å². The van der Waals surface area contributed by atoms with Crippen LogP contribution in [0.25, 0.3) is 0 Å². The van der Waals surface area contributed by atoms with Crippen molar-refractivity contribution in [2.45, 2.75) is 31.7 Å². The van der Waals surface area contributed by atoms with Crippen molar-refractivity contribution >= 4 is 29.0 Å². The van der Waals surface area contributed by atoms with Gasteiger partial charge in [0.05, 0.1) is 36.3 Å². The number of nitrogens with zero attached hydrogens (tertiary/aromatic N) is 4. The molecule has 2 N–H and O–H groups in total. The number of nitrogens with two attached hydrogens (primary N) is 1. The summed E-state index contributed by atoms with van der Waals surface area (Å²) in [6.45, 7) is 3.35. The van der Waals surface area contributed by atoms with Gasteiger partial charge in [-0.15, -0.1) is 0 Å². The number of aryl methyl sites for hydroxylation is 2. The van der Waals surface area contributed by atoms with Gasteiger partial charge in [0.2, 0.25) is 0 Å². The third-order valence-electron chi connectivity index (χ3n) is 5.83. The number of piperidine rings is 1. The second-order valence-corrected chi connectivity index (χ2v) is 8.15. The molecule has 0 aliphatic carbocycles. The molecule has 0 radical (unpaired) electrons. The molecule has 0 unspecified atom stereocenters. The maximum atomic E-state index is 6.26. The largest absolute Gasteiger partial charge is 0.379 e. The third kappa shape index (κ3) is 3.90. The van der Waals surface area contributed by atoms with Crippen LogP contribution in [0.1, 0.15) is 24.1 Å². The van der Waals surface area contributed by atoms with Crippen LogP contribution in [0.15, 0.2) is 24.7 Å². The summed E-state index contributed by atoms with van der Waals surface area (Å²) in [5.74, 6) is 0.922. The first kappa shape index (κ1) is 18.9. The highest BCUT2D eigenvalue weighted by atomic mass is 35.5. The predicted molar refractivity (Wildman–Crippen MR) is 106 cm³/mol. The zero-order valence-corrected chi connectivity index (χ0v) is 16.6. The molecule has 6 nitrogen and oxygen atoms in total. The SMILES string of the molecule is N[C@@H]1COCC12CCN(c1cnc(CCc3ccnc(Cl)c3Cl)cn1)CC2. The summed E-state index contributed by atoms with van der Waals surface area (Å²) < 4.78 is 5.59. The van der Waals surface area contributed by atoms with Crippen LogP contribution in [-0.2, 0) is 17.6 Å². The van der Waals surface area contributed by atoms with Gasteiger partial charge in [0, 0.05) is 30.7 Å². The molecule has 2 aromatic rings. The zero-order valence-electron chi connectivity index (χ0n) is 15.1. The summed E-state index contributed by atoms with van der Waals surface area (Å²) in [6.07, 6.45) is 8.96. The summed E-state index contributed by atoms with van der Waals surface area (Å²) in [5, 5.41) is 0.853. The Hall–Kier alpha value is -1.47. The monoisotopic (exact) mass is 407 g/mol. The van der Waals surface area contributed by atoms with E-state index in [9.17, 15) is 0 Å². The van der Waals surface area contributed by atoms with Gasteiger partial charge in [-0.2, -0.15) is 0 Å². The molecule has 2 aromatic heterocycles. The summed E-state index contributed by atoms with van der Waals surface area (Å²) in [6, 6.07) is 2.04. The molecule has 2 fully saturated rings. The summed E-state index contributed by atoms with van der Waals surface area (Å²) in [4.78, 5) is 15.5. The fourth-order valence-corrected chi connectivity index (χ4v) is 4.30. The molecule has 8 heteroatoms. The van der Waals surface area contributed by atoms with Gasteiger partial charge in [0.15, 0.2) is 0 Å². The summed E-state index contributed by atoms with van der Waals surface area (Å²) >= 11 is 12.2. The lowest BCUT2D eigenvalue weighted by Gasteiger charge is -2.41. The van der Waals surface area contributed by atoms with E-state index in [0.29, 0.717) is 16.8 Å². The van der Waals surface area contributed by atoms with Gasteiger partial charge < -0.3 is 15.4 Å². The molecule has 27 heavy (non-hydrogen) atoms. The number of aromatic nitrogens is 3. The van der Waals surface area contributed by atoms with E-state index in [-0.39, 0.29) is 11.5 Å². The van der Waals surface area contributed by atoms with Crippen molar-refractivity contribution in [3.8, 4) is 0 Å². The van der Waals surface area contributed by atoms with Gasteiger partial charge >= 0.3 is 0 Å². The van der Waals surface area contributed by atoms with E-state index in [1.165, 1.54) is 0 Å². The Morgan fingerprint density at radius 1 is 1.15 bits per heavy atom. The second kappa shape index (κ2) is 7.87. The smallest absolute Gasteiger partial charge is 0.147 e. The lowest BCUT2D eigenvalue weighted by molar-refractivity contribution is 0.131. The fraction of sp³-hybridized carbons (Fsp3) is 0.526. The van der Waals surface area contributed by atoms with Gasteiger partial charge in [0.1, 0.15) is 11.0 Å². The van der Waals surface area contributed by atoms with Crippen LogP contribution < -0.4 is 10.6 Å². The van der Waals surface area contributed by atoms with Crippen LogP contribution in [0.5, 0.6) is 0 Å². The third-order valence-corrected chi connectivity index (χ3v) is 6.63. The van der Waals surface area contributed by atoms with Gasteiger partial charge in [0.25, 0.3) is 0 Å². The quantitative estimate of drug-likeness (QED) is 0.784. The molecule has 0 amide bonds. The number of halogens is 2. The molecule has 1 spiro atoms. The van der Waals surface area contributed by atoms with Crippen LogP contribution in [-0.4, -0.2) is 47.3 Å². The molecule has 2 aliphatic rings. The summed E-state index contributed by atoms with van der Waals surface area (Å²) in [7, 11) is 0. The Labute approximate surface area is 169 Å². The van der Waals surface area contributed by atoms with E-state index in [1.807, 2.05) is 18.5 Å². The fourth-order valence-electron chi connectivity index (χ4n) is 3.92. The topological polar surface area (TPSA) is 77.2 Å². The first-order chi connectivity index (χ1) is 13.1. The van der Waals surface area contributed by atoms with E-state index in [1.54, 1.807) is 6.20 Å². The molecule has 2 saturated heterocycles. The molecule has 144 valence electrons. The average Bonchev–Trinajstić information content (AvgIpc) is 3.04. The predicted octanol–water partition coefficient (Wildman–Crippen LogP) is 2.91.